The summed E-state index contributed by atoms with van der Waals surface area (Å²) in [5.41, 5.74) is 8.06. The van der Waals surface area contributed by atoms with Crippen LogP contribution in [0.2, 0.25) is 0 Å². The van der Waals surface area contributed by atoms with Crippen molar-refractivity contribution in [1.82, 2.24) is 9.88 Å². The minimum absolute atomic E-state index is 0.0562. The van der Waals surface area contributed by atoms with Crippen molar-refractivity contribution in [3.63, 3.8) is 0 Å². The lowest BCUT2D eigenvalue weighted by atomic mass is 9.83. The van der Waals surface area contributed by atoms with Gasteiger partial charge in [0.2, 0.25) is 5.91 Å². The number of anilines is 2. The van der Waals surface area contributed by atoms with Gasteiger partial charge < -0.3 is 20.9 Å². The minimum Gasteiger partial charge on any atom is -0.367 e. The van der Waals surface area contributed by atoms with Gasteiger partial charge in [-0.05, 0) is 31.9 Å². The Hall–Kier alpha value is -1.66. The number of carbonyl (C=O) groups is 1. The summed E-state index contributed by atoms with van der Waals surface area (Å²) in [7, 11) is 2.14. The van der Waals surface area contributed by atoms with Crippen molar-refractivity contribution in [3.05, 3.63) is 18.5 Å². The molecule has 1 saturated carbocycles. The van der Waals surface area contributed by atoms with Gasteiger partial charge in [-0.15, -0.1) is 0 Å². The monoisotopic (exact) mass is 331 g/mol. The summed E-state index contributed by atoms with van der Waals surface area (Å²) < 4.78 is 0. The fourth-order valence-corrected chi connectivity index (χ4v) is 3.74. The van der Waals surface area contributed by atoms with Gasteiger partial charge in [0.1, 0.15) is 0 Å². The summed E-state index contributed by atoms with van der Waals surface area (Å²) in [5.74, 6) is 0.364. The molecule has 6 nitrogen and oxygen atoms in total. The zero-order chi connectivity index (χ0) is 16.9. The first-order chi connectivity index (χ1) is 11.6. The molecular formula is C18H29N5O. The molecule has 1 aromatic rings. The molecule has 3 N–H and O–H groups in total. The van der Waals surface area contributed by atoms with Gasteiger partial charge in [-0.1, -0.05) is 12.8 Å². The third kappa shape index (κ3) is 4.24. The van der Waals surface area contributed by atoms with Gasteiger partial charge in [0.15, 0.2) is 0 Å². The van der Waals surface area contributed by atoms with E-state index in [2.05, 4.69) is 27.1 Å². The smallest absolute Gasteiger partial charge is 0.224 e. The van der Waals surface area contributed by atoms with E-state index in [0.29, 0.717) is 12.3 Å². The van der Waals surface area contributed by atoms with E-state index in [0.717, 1.165) is 50.4 Å². The summed E-state index contributed by atoms with van der Waals surface area (Å²) in [5, 5.41) is 3.07. The van der Waals surface area contributed by atoms with Crippen LogP contribution < -0.4 is 16.0 Å². The number of likely N-dealkylation sites (N-methyl/N-ethyl adjacent to an activating group) is 1. The Bertz CT molecular complexity index is 556. The second kappa shape index (κ2) is 7.94. The fourth-order valence-electron chi connectivity index (χ4n) is 3.74. The van der Waals surface area contributed by atoms with Gasteiger partial charge in [0.05, 0.1) is 17.6 Å². The summed E-state index contributed by atoms with van der Waals surface area (Å²) in [6.07, 6.45) is 8.54. The molecule has 2 aliphatic rings. The van der Waals surface area contributed by atoms with Crippen LogP contribution in [0.25, 0.3) is 0 Å². The van der Waals surface area contributed by atoms with Crippen molar-refractivity contribution in [2.24, 2.45) is 11.7 Å². The van der Waals surface area contributed by atoms with Crippen molar-refractivity contribution in [1.29, 1.82) is 0 Å². The van der Waals surface area contributed by atoms with Crippen LogP contribution in [-0.4, -0.2) is 55.1 Å². The van der Waals surface area contributed by atoms with Crippen molar-refractivity contribution in [3.8, 4) is 0 Å². The van der Waals surface area contributed by atoms with E-state index >= 15 is 0 Å². The van der Waals surface area contributed by atoms with Gasteiger partial charge in [-0.25, -0.2) is 0 Å². The summed E-state index contributed by atoms with van der Waals surface area (Å²) >= 11 is 0. The molecule has 1 aromatic heterocycles. The van der Waals surface area contributed by atoms with Crippen LogP contribution in [0.1, 0.15) is 32.1 Å². The fraction of sp³-hybridized carbons (Fsp3) is 0.667. The number of rotatable bonds is 4. The van der Waals surface area contributed by atoms with Crippen LogP contribution >= 0.6 is 0 Å². The minimum atomic E-state index is 0.0562. The summed E-state index contributed by atoms with van der Waals surface area (Å²) in [4.78, 5) is 21.3. The zero-order valence-electron chi connectivity index (χ0n) is 14.6. The lowest BCUT2D eigenvalue weighted by Crippen LogP contribution is -2.44. The number of nitrogens with two attached hydrogens (primary N) is 1. The Morgan fingerprint density at radius 2 is 2.04 bits per heavy atom. The lowest BCUT2D eigenvalue weighted by molar-refractivity contribution is -0.117. The Balaban J connectivity index is 1.63. The van der Waals surface area contributed by atoms with Gasteiger partial charge in [-0.3, -0.25) is 9.78 Å². The Labute approximate surface area is 144 Å². The normalized spacial score (nSPS) is 25.5. The number of hydrogen-bond donors (Lipinski definition) is 2. The number of nitrogens with one attached hydrogen (secondary N) is 1. The van der Waals surface area contributed by atoms with Crippen LogP contribution in [0.5, 0.6) is 0 Å². The number of piperazine rings is 1. The maximum atomic E-state index is 12.5. The molecule has 2 heterocycles. The van der Waals surface area contributed by atoms with E-state index in [-0.39, 0.29) is 11.9 Å². The molecule has 0 radical (unpaired) electrons. The first-order valence-corrected chi connectivity index (χ1v) is 9.06. The number of nitrogens with zero attached hydrogens (tertiary/aromatic N) is 3. The highest BCUT2D eigenvalue weighted by molar-refractivity contribution is 5.94. The van der Waals surface area contributed by atoms with E-state index in [1.807, 2.05) is 6.07 Å². The van der Waals surface area contributed by atoms with E-state index in [1.165, 1.54) is 12.8 Å². The summed E-state index contributed by atoms with van der Waals surface area (Å²) in [6.45, 7) is 4.01. The number of hydrogen-bond acceptors (Lipinski definition) is 5. The van der Waals surface area contributed by atoms with Crippen molar-refractivity contribution >= 4 is 17.3 Å². The van der Waals surface area contributed by atoms with Crippen LogP contribution in [0.3, 0.4) is 0 Å². The van der Waals surface area contributed by atoms with Crippen LogP contribution in [0.4, 0.5) is 11.4 Å². The topological polar surface area (TPSA) is 74.5 Å². The molecule has 0 unspecified atom stereocenters. The zero-order valence-corrected chi connectivity index (χ0v) is 14.6. The molecule has 132 valence electrons. The van der Waals surface area contributed by atoms with Crippen molar-refractivity contribution < 1.29 is 4.79 Å². The van der Waals surface area contributed by atoms with E-state index in [1.54, 1.807) is 12.4 Å². The second-order valence-corrected chi connectivity index (χ2v) is 7.14. The first kappa shape index (κ1) is 17.2. The van der Waals surface area contributed by atoms with Crippen LogP contribution in [-0.2, 0) is 4.79 Å². The molecule has 3 rings (SSSR count). The van der Waals surface area contributed by atoms with Gasteiger partial charge >= 0.3 is 0 Å². The molecule has 2 fully saturated rings. The molecular weight excluding hydrogens is 302 g/mol. The standard InChI is InChI=1S/C18H29N5O/c1-22-8-10-23(11-9-22)17-6-7-20-13-16(17)21-18(24)12-14-4-2-3-5-15(14)19/h6-7,13-15H,2-5,8-12,19H2,1H3,(H,21,24)/t14-,15-/m0/s1. The molecule has 1 aliphatic carbocycles. The highest BCUT2D eigenvalue weighted by Crippen LogP contribution is 2.28. The lowest BCUT2D eigenvalue weighted by Gasteiger charge is -2.35. The molecule has 6 heteroatoms. The van der Waals surface area contributed by atoms with E-state index < -0.39 is 0 Å². The third-order valence-electron chi connectivity index (χ3n) is 5.33. The molecule has 1 amide bonds. The molecule has 2 atom stereocenters. The number of aromatic nitrogens is 1. The number of pyridine rings is 1. The highest BCUT2D eigenvalue weighted by Gasteiger charge is 2.25. The molecule has 0 spiro atoms. The van der Waals surface area contributed by atoms with Crippen molar-refractivity contribution in [2.45, 2.75) is 38.1 Å². The number of amides is 1. The molecule has 24 heavy (non-hydrogen) atoms. The van der Waals surface area contributed by atoms with Gasteiger partial charge in [0.25, 0.3) is 0 Å². The Morgan fingerprint density at radius 3 is 2.79 bits per heavy atom. The Kier molecular flexibility index (Phi) is 5.68. The van der Waals surface area contributed by atoms with Crippen LogP contribution in [0, 0.1) is 5.92 Å². The summed E-state index contributed by atoms with van der Waals surface area (Å²) in [6, 6.07) is 2.16. The predicted octanol–water partition coefficient (Wildman–Crippen LogP) is 1.68. The quantitative estimate of drug-likeness (QED) is 0.878. The van der Waals surface area contributed by atoms with Crippen molar-refractivity contribution in [2.75, 3.05) is 43.4 Å². The maximum absolute atomic E-state index is 12.5. The largest absolute Gasteiger partial charge is 0.367 e. The van der Waals surface area contributed by atoms with E-state index in [9.17, 15) is 4.79 Å². The molecule has 0 bridgehead atoms. The maximum Gasteiger partial charge on any atom is 0.224 e. The predicted molar refractivity (Wildman–Crippen MR) is 97.1 cm³/mol. The third-order valence-corrected chi connectivity index (χ3v) is 5.33. The van der Waals surface area contributed by atoms with Gasteiger partial charge in [0, 0.05) is 44.8 Å². The van der Waals surface area contributed by atoms with E-state index in [4.69, 9.17) is 5.73 Å². The second-order valence-electron chi connectivity index (χ2n) is 7.14. The molecule has 1 aliphatic heterocycles. The number of carbonyl (C=O) groups excluding carboxylic acids is 1. The molecule has 0 aromatic carbocycles. The average molecular weight is 331 g/mol. The van der Waals surface area contributed by atoms with Gasteiger partial charge in [-0.2, -0.15) is 0 Å². The van der Waals surface area contributed by atoms with Crippen LogP contribution in [0.15, 0.2) is 18.5 Å². The Morgan fingerprint density at radius 1 is 1.29 bits per heavy atom. The first-order valence-electron chi connectivity index (χ1n) is 9.06. The highest BCUT2D eigenvalue weighted by atomic mass is 16.1. The molecule has 1 saturated heterocycles. The SMILES string of the molecule is CN1CCN(c2ccncc2NC(=O)C[C@@H]2CCCC[C@@H]2N)CC1. The average Bonchev–Trinajstić information content (AvgIpc) is 2.58.